The highest BCUT2D eigenvalue weighted by atomic mass is 16.2. The number of urea groups is 1. The molecule has 0 aromatic heterocycles. The highest BCUT2D eigenvalue weighted by Gasteiger charge is 2.28. The number of anilines is 1. The Morgan fingerprint density at radius 1 is 1.08 bits per heavy atom. The van der Waals surface area contributed by atoms with Crippen molar-refractivity contribution in [2.45, 2.75) is 6.54 Å². The molecule has 0 atom stereocenters. The van der Waals surface area contributed by atoms with Crippen LogP contribution in [-0.4, -0.2) is 36.3 Å². The van der Waals surface area contributed by atoms with E-state index >= 15 is 0 Å². The van der Waals surface area contributed by atoms with Crippen LogP contribution in [0.1, 0.15) is 15.9 Å². The van der Waals surface area contributed by atoms with Gasteiger partial charge in [0.1, 0.15) is 0 Å². The first-order valence-electron chi connectivity index (χ1n) is 7.56. The van der Waals surface area contributed by atoms with Crippen molar-refractivity contribution in [1.29, 1.82) is 0 Å². The molecule has 1 aliphatic rings. The van der Waals surface area contributed by atoms with Crippen LogP contribution < -0.4 is 10.2 Å². The lowest BCUT2D eigenvalue weighted by atomic mass is 10.1. The molecular formula is C18H17N3O3. The summed E-state index contributed by atoms with van der Waals surface area (Å²) in [5, 5.41) is 2.48. The first-order valence-corrected chi connectivity index (χ1v) is 7.56. The molecule has 2 aromatic carbocycles. The summed E-state index contributed by atoms with van der Waals surface area (Å²) >= 11 is 0. The number of nitrogens with one attached hydrogen (secondary N) is 1. The Kier molecular flexibility index (Phi) is 4.29. The van der Waals surface area contributed by atoms with Gasteiger partial charge in [0.25, 0.3) is 5.91 Å². The van der Waals surface area contributed by atoms with Gasteiger partial charge in [0.05, 0.1) is 13.1 Å². The number of amides is 4. The summed E-state index contributed by atoms with van der Waals surface area (Å²) in [6.07, 6.45) is 0. The van der Waals surface area contributed by atoms with Gasteiger partial charge in [0.2, 0.25) is 5.91 Å². The Balaban J connectivity index is 1.71. The minimum Gasteiger partial charge on any atom is -0.329 e. The van der Waals surface area contributed by atoms with Crippen molar-refractivity contribution in [2.24, 2.45) is 0 Å². The normalized spacial score (nSPS) is 13.8. The Bertz CT molecular complexity index is 756. The van der Waals surface area contributed by atoms with Crippen molar-refractivity contribution in [3.05, 3.63) is 65.7 Å². The molecular weight excluding hydrogens is 306 g/mol. The van der Waals surface area contributed by atoms with E-state index in [0.29, 0.717) is 5.56 Å². The Hall–Kier alpha value is -3.15. The number of para-hydroxylation sites is 1. The molecule has 6 heteroatoms. The average Bonchev–Trinajstić information content (AvgIpc) is 2.94. The van der Waals surface area contributed by atoms with Crippen LogP contribution in [0, 0.1) is 0 Å². The molecule has 1 saturated heterocycles. The van der Waals surface area contributed by atoms with Crippen LogP contribution in [-0.2, 0) is 11.3 Å². The molecule has 1 heterocycles. The number of nitrogens with zero attached hydrogens (tertiary/aromatic N) is 2. The van der Waals surface area contributed by atoms with E-state index in [0.717, 1.165) is 16.2 Å². The molecule has 0 saturated carbocycles. The fourth-order valence-electron chi connectivity index (χ4n) is 2.51. The van der Waals surface area contributed by atoms with Crippen LogP contribution in [0.2, 0.25) is 0 Å². The zero-order valence-corrected chi connectivity index (χ0v) is 13.2. The van der Waals surface area contributed by atoms with E-state index in [1.54, 1.807) is 36.2 Å². The lowest BCUT2D eigenvalue weighted by molar-refractivity contribution is -0.125. The molecule has 1 fully saturated rings. The maximum atomic E-state index is 12.5. The molecule has 122 valence electrons. The van der Waals surface area contributed by atoms with E-state index in [-0.39, 0.29) is 30.9 Å². The third-order valence-electron chi connectivity index (χ3n) is 3.93. The van der Waals surface area contributed by atoms with Crippen molar-refractivity contribution >= 4 is 23.5 Å². The van der Waals surface area contributed by atoms with Crippen LogP contribution in [0.5, 0.6) is 0 Å². The number of rotatable bonds is 4. The van der Waals surface area contributed by atoms with Gasteiger partial charge in [-0.05, 0) is 29.8 Å². The second kappa shape index (κ2) is 6.54. The molecule has 0 unspecified atom stereocenters. The molecule has 6 nitrogen and oxygen atoms in total. The third-order valence-corrected chi connectivity index (χ3v) is 3.93. The fourth-order valence-corrected chi connectivity index (χ4v) is 2.51. The minimum absolute atomic E-state index is 0.0390. The Labute approximate surface area is 139 Å². The van der Waals surface area contributed by atoms with Crippen molar-refractivity contribution in [1.82, 2.24) is 10.2 Å². The smallest absolute Gasteiger partial charge is 0.324 e. The van der Waals surface area contributed by atoms with Crippen molar-refractivity contribution < 1.29 is 14.4 Å². The molecule has 0 radical (unpaired) electrons. The topological polar surface area (TPSA) is 69.7 Å². The molecule has 2 aromatic rings. The zero-order chi connectivity index (χ0) is 17.1. The average molecular weight is 323 g/mol. The Morgan fingerprint density at radius 2 is 1.75 bits per heavy atom. The SMILES string of the molecule is CN(C(=O)c1ccc(CN2C(=O)CNC2=O)cc1)c1ccccc1. The van der Waals surface area contributed by atoms with Crippen LogP contribution in [0.4, 0.5) is 10.5 Å². The summed E-state index contributed by atoms with van der Waals surface area (Å²) < 4.78 is 0. The van der Waals surface area contributed by atoms with E-state index in [9.17, 15) is 14.4 Å². The van der Waals surface area contributed by atoms with Gasteiger partial charge >= 0.3 is 6.03 Å². The monoisotopic (exact) mass is 323 g/mol. The fraction of sp³-hybridized carbons (Fsp3) is 0.167. The van der Waals surface area contributed by atoms with E-state index in [2.05, 4.69) is 5.32 Å². The molecule has 0 spiro atoms. The number of imide groups is 1. The van der Waals surface area contributed by atoms with E-state index in [1.165, 1.54) is 0 Å². The summed E-state index contributed by atoms with van der Waals surface area (Å²) in [7, 11) is 1.72. The molecule has 4 amide bonds. The van der Waals surface area contributed by atoms with Gasteiger partial charge in [-0.2, -0.15) is 0 Å². The van der Waals surface area contributed by atoms with Gasteiger partial charge in [0.15, 0.2) is 0 Å². The number of carbonyl (C=O) groups excluding carboxylic acids is 3. The first kappa shape index (κ1) is 15.7. The van der Waals surface area contributed by atoms with Crippen LogP contribution >= 0.6 is 0 Å². The van der Waals surface area contributed by atoms with Gasteiger partial charge in [-0.1, -0.05) is 30.3 Å². The molecule has 0 aliphatic carbocycles. The largest absolute Gasteiger partial charge is 0.329 e. The quantitative estimate of drug-likeness (QED) is 0.875. The summed E-state index contributed by atoms with van der Waals surface area (Å²) in [5.74, 6) is -0.369. The predicted molar refractivity (Wildman–Crippen MR) is 89.6 cm³/mol. The number of carbonyl (C=O) groups is 3. The first-order chi connectivity index (χ1) is 11.6. The maximum absolute atomic E-state index is 12.5. The molecule has 3 rings (SSSR count). The highest BCUT2D eigenvalue weighted by Crippen LogP contribution is 2.16. The van der Waals surface area contributed by atoms with Gasteiger partial charge in [0, 0.05) is 18.3 Å². The van der Waals surface area contributed by atoms with Crippen LogP contribution in [0.3, 0.4) is 0 Å². The van der Waals surface area contributed by atoms with Crippen molar-refractivity contribution in [2.75, 3.05) is 18.5 Å². The van der Waals surface area contributed by atoms with Crippen LogP contribution in [0.25, 0.3) is 0 Å². The third kappa shape index (κ3) is 3.12. The second-order valence-electron chi connectivity index (χ2n) is 5.54. The summed E-state index contributed by atoms with van der Waals surface area (Å²) in [6, 6.07) is 15.9. The maximum Gasteiger partial charge on any atom is 0.324 e. The summed E-state index contributed by atoms with van der Waals surface area (Å²) in [6.45, 7) is 0.241. The number of hydrogen-bond donors (Lipinski definition) is 1. The standard InChI is InChI=1S/C18H17N3O3/c1-20(15-5-3-2-4-6-15)17(23)14-9-7-13(8-10-14)12-21-16(22)11-19-18(21)24/h2-10H,11-12H2,1H3,(H,19,24). The zero-order valence-electron chi connectivity index (χ0n) is 13.2. The van der Waals surface area contributed by atoms with Crippen molar-refractivity contribution in [3.8, 4) is 0 Å². The molecule has 1 aliphatic heterocycles. The lowest BCUT2D eigenvalue weighted by Crippen LogP contribution is -2.30. The van der Waals surface area contributed by atoms with Gasteiger partial charge in [-0.3, -0.25) is 14.5 Å². The molecule has 1 N–H and O–H groups in total. The predicted octanol–water partition coefficient (Wildman–Crippen LogP) is 2.01. The number of hydrogen-bond acceptors (Lipinski definition) is 3. The van der Waals surface area contributed by atoms with Gasteiger partial charge in [-0.15, -0.1) is 0 Å². The van der Waals surface area contributed by atoms with Crippen molar-refractivity contribution in [3.63, 3.8) is 0 Å². The van der Waals surface area contributed by atoms with E-state index in [1.807, 2.05) is 30.3 Å². The van der Waals surface area contributed by atoms with Gasteiger partial charge in [-0.25, -0.2) is 4.79 Å². The van der Waals surface area contributed by atoms with Gasteiger partial charge < -0.3 is 10.2 Å². The molecule has 0 bridgehead atoms. The van der Waals surface area contributed by atoms with E-state index < -0.39 is 0 Å². The van der Waals surface area contributed by atoms with E-state index in [4.69, 9.17) is 0 Å². The van der Waals surface area contributed by atoms with Crippen LogP contribution in [0.15, 0.2) is 54.6 Å². The second-order valence-corrected chi connectivity index (χ2v) is 5.54. The highest BCUT2D eigenvalue weighted by molar-refractivity contribution is 6.05. The molecule has 24 heavy (non-hydrogen) atoms. The lowest BCUT2D eigenvalue weighted by Gasteiger charge is -2.18. The summed E-state index contributed by atoms with van der Waals surface area (Å²) in [4.78, 5) is 38.4. The minimum atomic E-state index is -0.385. The summed E-state index contributed by atoms with van der Waals surface area (Å²) in [5.41, 5.74) is 2.15. The number of benzene rings is 2. The Morgan fingerprint density at radius 3 is 2.33 bits per heavy atom.